The number of carbonyl (C=O) groups excluding carboxylic acids is 1. The molecule has 1 aliphatic heterocycles. The number of benzene rings is 1. The Morgan fingerprint density at radius 2 is 2.00 bits per heavy atom. The van der Waals surface area contributed by atoms with Gasteiger partial charge in [0.05, 0.1) is 5.52 Å². The van der Waals surface area contributed by atoms with Gasteiger partial charge in [0.15, 0.2) is 0 Å². The molecule has 3 aromatic heterocycles. The molecule has 0 bridgehead atoms. The number of pyridine rings is 2. The van der Waals surface area contributed by atoms with Crippen molar-refractivity contribution in [3.8, 4) is 0 Å². The van der Waals surface area contributed by atoms with Crippen LogP contribution in [0.4, 0.5) is 5.82 Å². The zero-order valence-electron chi connectivity index (χ0n) is 21.1. The van der Waals surface area contributed by atoms with Crippen LogP contribution in [-0.2, 0) is 6.54 Å². The van der Waals surface area contributed by atoms with Gasteiger partial charge in [-0.05, 0) is 61.0 Å². The fraction of sp³-hybridized carbons (Fsp3) is 0.345. The number of aromatic amines is 1. The number of fused-ring (bicyclic) bond motifs is 1. The van der Waals surface area contributed by atoms with Crippen molar-refractivity contribution in [2.45, 2.75) is 50.4 Å². The molecule has 3 atom stereocenters. The van der Waals surface area contributed by atoms with Crippen LogP contribution in [-0.4, -0.2) is 49.9 Å². The summed E-state index contributed by atoms with van der Waals surface area (Å²) in [5, 5.41) is 4.64. The molecule has 1 aromatic carbocycles. The topological polar surface area (TPSA) is 73.9 Å². The minimum atomic E-state index is -0.167. The standard InChI is InChI=1S/C29H33N5OS/c1-19(23-6-4-12-30-16-23)21-8-10-22(11-9-21)29(35)33-28-15-26-24(17-31-28)14-25(32-26)18-34-13-5-7-27(34)20(2)36-3/h4,6,8-12,14-17,19-20,27,32H,5,7,13,18H2,1-3H3,(H,31,33,35)/t19?,20-,27?/m1/s1. The van der Waals surface area contributed by atoms with E-state index in [4.69, 9.17) is 0 Å². The molecular weight excluding hydrogens is 466 g/mol. The maximum atomic E-state index is 12.9. The summed E-state index contributed by atoms with van der Waals surface area (Å²) in [6.07, 6.45) is 10.2. The van der Waals surface area contributed by atoms with E-state index in [9.17, 15) is 4.79 Å². The second-order valence-electron chi connectivity index (χ2n) is 9.66. The highest BCUT2D eigenvalue weighted by atomic mass is 32.2. The summed E-state index contributed by atoms with van der Waals surface area (Å²) in [7, 11) is 0. The zero-order valence-corrected chi connectivity index (χ0v) is 21.9. The number of amides is 1. The second-order valence-corrected chi connectivity index (χ2v) is 10.9. The van der Waals surface area contributed by atoms with Crippen LogP contribution in [0, 0.1) is 0 Å². The van der Waals surface area contributed by atoms with Gasteiger partial charge < -0.3 is 10.3 Å². The molecule has 4 aromatic rings. The smallest absolute Gasteiger partial charge is 0.256 e. The summed E-state index contributed by atoms with van der Waals surface area (Å²) < 4.78 is 0. The SMILES string of the molecule is CS[C@H](C)C1CCCN1Cc1cc2cnc(NC(=O)c3ccc(C(C)c4cccnc4)cc3)cc2[nH]1. The highest BCUT2D eigenvalue weighted by molar-refractivity contribution is 7.99. The number of likely N-dealkylation sites (tertiary alicyclic amines) is 1. The van der Waals surface area contributed by atoms with Crippen molar-refractivity contribution < 1.29 is 4.79 Å². The zero-order chi connectivity index (χ0) is 25.1. The number of hydrogen-bond acceptors (Lipinski definition) is 5. The number of H-pyrrole nitrogens is 1. The number of aromatic nitrogens is 3. The Bertz CT molecular complexity index is 1320. The van der Waals surface area contributed by atoms with Crippen LogP contribution in [0.3, 0.4) is 0 Å². The predicted molar refractivity (Wildman–Crippen MR) is 149 cm³/mol. The van der Waals surface area contributed by atoms with Crippen LogP contribution in [0.15, 0.2) is 67.1 Å². The second kappa shape index (κ2) is 10.8. The molecule has 5 rings (SSSR count). The Labute approximate surface area is 216 Å². The maximum Gasteiger partial charge on any atom is 0.256 e. The average molecular weight is 500 g/mol. The molecule has 0 saturated carbocycles. The number of hydrogen-bond donors (Lipinski definition) is 2. The molecule has 1 aliphatic rings. The lowest BCUT2D eigenvalue weighted by Crippen LogP contribution is -2.35. The van der Waals surface area contributed by atoms with Crippen LogP contribution in [0.1, 0.15) is 59.8 Å². The molecule has 0 radical (unpaired) electrons. The summed E-state index contributed by atoms with van der Waals surface area (Å²) in [6.45, 7) is 6.52. The predicted octanol–water partition coefficient (Wildman–Crippen LogP) is 6.08. The van der Waals surface area contributed by atoms with Crippen molar-refractivity contribution in [2.24, 2.45) is 0 Å². The Morgan fingerprint density at radius 3 is 2.75 bits per heavy atom. The number of thioether (sulfide) groups is 1. The molecule has 1 fully saturated rings. The van der Waals surface area contributed by atoms with Crippen LogP contribution >= 0.6 is 11.8 Å². The van der Waals surface area contributed by atoms with Gasteiger partial charge in [-0.15, -0.1) is 0 Å². The van der Waals surface area contributed by atoms with Crippen molar-refractivity contribution in [2.75, 3.05) is 18.1 Å². The van der Waals surface area contributed by atoms with Gasteiger partial charge in [0.25, 0.3) is 5.91 Å². The molecule has 36 heavy (non-hydrogen) atoms. The number of anilines is 1. The first-order valence-electron chi connectivity index (χ1n) is 12.6. The van der Waals surface area contributed by atoms with Crippen LogP contribution in [0.2, 0.25) is 0 Å². The molecule has 186 valence electrons. The van der Waals surface area contributed by atoms with Crippen molar-refractivity contribution in [1.29, 1.82) is 0 Å². The van der Waals surface area contributed by atoms with Gasteiger partial charge in [-0.25, -0.2) is 4.98 Å². The lowest BCUT2D eigenvalue weighted by atomic mass is 9.94. The number of carbonyl (C=O) groups is 1. The first kappa shape index (κ1) is 24.5. The molecule has 4 heterocycles. The molecule has 1 amide bonds. The molecule has 2 N–H and O–H groups in total. The molecule has 0 aliphatic carbocycles. The van der Waals surface area contributed by atoms with Crippen molar-refractivity contribution >= 4 is 34.4 Å². The lowest BCUT2D eigenvalue weighted by Gasteiger charge is -2.28. The van der Waals surface area contributed by atoms with Crippen LogP contribution in [0.5, 0.6) is 0 Å². The van der Waals surface area contributed by atoms with E-state index in [2.05, 4.69) is 57.4 Å². The molecule has 1 saturated heterocycles. The molecule has 6 nitrogen and oxygen atoms in total. The minimum absolute atomic E-state index is 0.167. The lowest BCUT2D eigenvalue weighted by molar-refractivity contribution is 0.102. The van der Waals surface area contributed by atoms with E-state index in [1.807, 2.05) is 60.6 Å². The third-order valence-corrected chi connectivity index (χ3v) is 8.42. The Kier molecular flexibility index (Phi) is 7.39. The van der Waals surface area contributed by atoms with Gasteiger partial charge in [0.1, 0.15) is 5.82 Å². The largest absolute Gasteiger partial charge is 0.357 e. The normalized spacial score (nSPS) is 17.8. The monoisotopic (exact) mass is 499 g/mol. The van der Waals surface area contributed by atoms with Crippen molar-refractivity contribution in [3.05, 3.63) is 89.5 Å². The van der Waals surface area contributed by atoms with Gasteiger partial charge >= 0.3 is 0 Å². The first-order valence-corrected chi connectivity index (χ1v) is 13.9. The van der Waals surface area contributed by atoms with Gasteiger partial charge in [-0.1, -0.05) is 32.0 Å². The Morgan fingerprint density at radius 1 is 1.17 bits per heavy atom. The van der Waals surface area contributed by atoms with Gasteiger partial charge in [-0.3, -0.25) is 14.7 Å². The van der Waals surface area contributed by atoms with E-state index in [1.54, 1.807) is 6.20 Å². The third kappa shape index (κ3) is 5.32. The fourth-order valence-electron chi connectivity index (χ4n) is 5.13. The van der Waals surface area contributed by atoms with Gasteiger partial charge in [0, 0.05) is 65.1 Å². The Balaban J connectivity index is 1.25. The van der Waals surface area contributed by atoms with Crippen molar-refractivity contribution in [1.82, 2.24) is 19.9 Å². The van der Waals surface area contributed by atoms with E-state index in [0.717, 1.165) is 35.1 Å². The summed E-state index contributed by atoms with van der Waals surface area (Å²) in [5.74, 6) is 0.589. The van der Waals surface area contributed by atoms with Crippen LogP contribution in [0.25, 0.3) is 10.9 Å². The third-order valence-electron chi connectivity index (χ3n) is 7.36. The molecule has 7 heteroatoms. The van der Waals surface area contributed by atoms with E-state index >= 15 is 0 Å². The summed E-state index contributed by atoms with van der Waals surface area (Å²) in [6, 6.07) is 16.5. The van der Waals surface area contributed by atoms with Crippen LogP contribution < -0.4 is 5.32 Å². The van der Waals surface area contributed by atoms with E-state index in [1.165, 1.54) is 18.5 Å². The van der Waals surface area contributed by atoms with Gasteiger partial charge in [-0.2, -0.15) is 11.8 Å². The summed E-state index contributed by atoms with van der Waals surface area (Å²) >= 11 is 1.94. The Hall–Kier alpha value is -3.16. The number of nitrogens with zero attached hydrogens (tertiary/aromatic N) is 3. The highest BCUT2D eigenvalue weighted by Gasteiger charge is 2.29. The molecule has 0 spiro atoms. The molecular formula is C29H33N5OS. The van der Waals surface area contributed by atoms with E-state index in [-0.39, 0.29) is 11.8 Å². The van der Waals surface area contributed by atoms with E-state index < -0.39 is 0 Å². The maximum absolute atomic E-state index is 12.9. The quantitative estimate of drug-likeness (QED) is 0.307. The molecule has 2 unspecified atom stereocenters. The summed E-state index contributed by atoms with van der Waals surface area (Å²) in [4.78, 5) is 27.7. The fourth-order valence-corrected chi connectivity index (χ4v) is 5.75. The number of nitrogens with one attached hydrogen (secondary N) is 2. The summed E-state index contributed by atoms with van der Waals surface area (Å²) in [5.41, 5.74) is 5.08. The first-order chi connectivity index (χ1) is 17.5. The van der Waals surface area contributed by atoms with Crippen molar-refractivity contribution in [3.63, 3.8) is 0 Å². The number of rotatable bonds is 8. The highest BCUT2D eigenvalue weighted by Crippen LogP contribution is 2.29. The van der Waals surface area contributed by atoms with E-state index in [0.29, 0.717) is 22.7 Å². The average Bonchev–Trinajstić information content (AvgIpc) is 3.54. The minimum Gasteiger partial charge on any atom is -0.357 e. The van der Waals surface area contributed by atoms with Gasteiger partial charge in [0.2, 0.25) is 0 Å².